The van der Waals surface area contributed by atoms with E-state index in [0.29, 0.717) is 6.54 Å². The SMILES string of the molecule is Cc1ccccc1C(=O)CN1CCN(CCO)CC1. The van der Waals surface area contributed by atoms with Crippen molar-refractivity contribution in [1.29, 1.82) is 0 Å². The molecule has 4 nitrogen and oxygen atoms in total. The van der Waals surface area contributed by atoms with E-state index in [4.69, 9.17) is 5.11 Å². The fraction of sp³-hybridized carbons (Fsp3) is 0.533. The molecule has 0 atom stereocenters. The molecule has 0 spiro atoms. The largest absolute Gasteiger partial charge is 0.395 e. The number of carbonyl (C=O) groups is 1. The number of aryl methyl sites for hydroxylation is 1. The number of nitrogens with zero attached hydrogens (tertiary/aromatic N) is 2. The molecule has 0 aromatic heterocycles. The third-order valence-corrected chi connectivity index (χ3v) is 3.69. The first-order chi connectivity index (χ1) is 9.20. The molecule has 1 fully saturated rings. The highest BCUT2D eigenvalue weighted by Crippen LogP contribution is 2.10. The average molecular weight is 262 g/mol. The Morgan fingerprint density at radius 2 is 1.79 bits per heavy atom. The Hall–Kier alpha value is -1.23. The lowest BCUT2D eigenvalue weighted by Gasteiger charge is -2.33. The van der Waals surface area contributed by atoms with Crippen molar-refractivity contribution in [2.24, 2.45) is 0 Å². The van der Waals surface area contributed by atoms with Crippen LogP contribution in [0.15, 0.2) is 24.3 Å². The van der Waals surface area contributed by atoms with Crippen LogP contribution in [0, 0.1) is 6.92 Å². The molecule has 4 heteroatoms. The van der Waals surface area contributed by atoms with Gasteiger partial charge >= 0.3 is 0 Å². The van der Waals surface area contributed by atoms with Crippen LogP contribution < -0.4 is 0 Å². The first-order valence-electron chi connectivity index (χ1n) is 6.85. The fourth-order valence-electron chi connectivity index (χ4n) is 2.49. The second-order valence-electron chi connectivity index (χ2n) is 5.08. The molecule has 1 N–H and O–H groups in total. The van der Waals surface area contributed by atoms with E-state index in [9.17, 15) is 4.79 Å². The molecule has 0 saturated carbocycles. The third-order valence-electron chi connectivity index (χ3n) is 3.69. The van der Waals surface area contributed by atoms with Crippen molar-refractivity contribution in [3.8, 4) is 0 Å². The molecule has 1 aromatic carbocycles. The molecule has 0 unspecified atom stereocenters. The minimum absolute atomic E-state index is 0.203. The quantitative estimate of drug-likeness (QED) is 0.797. The maximum absolute atomic E-state index is 12.2. The number of benzene rings is 1. The number of hydrogen-bond acceptors (Lipinski definition) is 4. The predicted octanol–water partition coefficient (Wildman–Crippen LogP) is 0.788. The van der Waals surface area contributed by atoms with Gasteiger partial charge in [-0.25, -0.2) is 0 Å². The van der Waals surface area contributed by atoms with Crippen molar-refractivity contribution < 1.29 is 9.90 Å². The summed E-state index contributed by atoms with van der Waals surface area (Å²) in [6.07, 6.45) is 0. The van der Waals surface area contributed by atoms with Gasteiger partial charge in [0.1, 0.15) is 0 Å². The molecular weight excluding hydrogens is 240 g/mol. The van der Waals surface area contributed by atoms with Crippen LogP contribution in [0.25, 0.3) is 0 Å². The van der Waals surface area contributed by atoms with Crippen LogP contribution in [0.4, 0.5) is 0 Å². The van der Waals surface area contributed by atoms with Crippen LogP contribution >= 0.6 is 0 Å². The second kappa shape index (κ2) is 6.80. The lowest BCUT2D eigenvalue weighted by Crippen LogP contribution is -2.48. The number of β-amino-alcohol motifs (C(OH)–C–C–N with tert-alkyl or cyclic N) is 1. The Kier molecular flexibility index (Phi) is 5.07. The lowest BCUT2D eigenvalue weighted by atomic mass is 10.0. The number of aliphatic hydroxyl groups is 1. The molecule has 1 aromatic rings. The van der Waals surface area contributed by atoms with Crippen LogP contribution in [0.1, 0.15) is 15.9 Å². The molecule has 2 rings (SSSR count). The summed E-state index contributed by atoms with van der Waals surface area (Å²) in [5.74, 6) is 0.203. The van der Waals surface area contributed by atoms with E-state index < -0.39 is 0 Å². The highest BCUT2D eigenvalue weighted by atomic mass is 16.3. The normalized spacial score (nSPS) is 17.6. The van der Waals surface area contributed by atoms with Gasteiger partial charge < -0.3 is 5.11 Å². The van der Waals surface area contributed by atoms with Gasteiger partial charge in [-0.3, -0.25) is 14.6 Å². The van der Waals surface area contributed by atoms with Gasteiger partial charge in [-0.1, -0.05) is 24.3 Å². The Bertz CT molecular complexity index is 426. The maximum atomic E-state index is 12.2. The van der Waals surface area contributed by atoms with E-state index >= 15 is 0 Å². The minimum atomic E-state index is 0.203. The molecule has 19 heavy (non-hydrogen) atoms. The standard InChI is InChI=1S/C15H22N2O2/c1-13-4-2-3-5-14(13)15(19)12-17-8-6-16(7-9-17)10-11-18/h2-5,18H,6-12H2,1H3. The zero-order valence-electron chi connectivity index (χ0n) is 11.5. The maximum Gasteiger partial charge on any atom is 0.177 e. The first kappa shape index (κ1) is 14.2. The van der Waals surface area contributed by atoms with E-state index in [1.165, 1.54) is 0 Å². The van der Waals surface area contributed by atoms with E-state index in [1.807, 2.05) is 31.2 Å². The highest BCUT2D eigenvalue weighted by molar-refractivity contribution is 5.98. The molecule has 104 valence electrons. The van der Waals surface area contributed by atoms with Gasteiger partial charge in [0.2, 0.25) is 0 Å². The summed E-state index contributed by atoms with van der Waals surface area (Å²) in [5, 5.41) is 8.90. The smallest absolute Gasteiger partial charge is 0.177 e. The number of ketones is 1. The number of rotatable bonds is 5. The Morgan fingerprint density at radius 1 is 1.16 bits per heavy atom. The average Bonchev–Trinajstić information content (AvgIpc) is 2.42. The van der Waals surface area contributed by atoms with Crippen molar-refractivity contribution >= 4 is 5.78 Å². The number of piperazine rings is 1. The topological polar surface area (TPSA) is 43.8 Å². The Morgan fingerprint density at radius 3 is 2.42 bits per heavy atom. The van der Waals surface area contributed by atoms with Crippen molar-refractivity contribution in [1.82, 2.24) is 9.80 Å². The molecule has 0 amide bonds. The number of hydrogen-bond donors (Lipinski definition) is 1. The fourth-order valence-corrected chi connectivity index (χ4v) is 2.49. The van der Waals surface area contributed by atoms with Crippen molar-refractivity contribution in [2.75, 3.05) is 45.9 Å². The summed E-state index contributed by atoms with van der Waals surface area (Å²) in [7, 11) is 0. The number of aliphatic hydroxyl groups excluding tert-OH is 1. The summed E-state index contributed by atoms with van der Waals surface area (Å²) in [6, 6.07) is 7.76. The zero-order valence-corrected chi connectivity index (χ0v) is 11.5. The molecule has 1 heterocycles. The van der Waals surface area contributed by atoms with Crippen LogP contribution in [0.5, 0.6) is 0 Å². The van der Waals surface area contributed by atoms with Crippen molar-refractivity contribution in [2.45, 2.75) is 6.92 Å². The number of carbonyl (C=O) groups excluding carboxylic acids is 1. The van der Waals surface area contributed by atoms with Crippen LogP contribution in [-0.2, 0) is 0 Å². The van der Waals surface area contributed by atoms with Gasteiger partial charge in [-0.2, -0.15) is 0 Å². The molecular formula is C15H22N2O2. The monoisotopic (exact) mass is 262 g/mol. The first-order valence-corrected chi connectivity index (χ1v) is 6.85. The van der Waals surface area contributed by atoms with Gasteiger partial charge in [-0.15, -0.1) is 0 Å². The molecule has 1 aliphatic rings. The van der Waals surface area contributed by atoms with Gasteiger partial charge in [0.05, 0.1) is 13.2 Å². The molecule has 0 bridgehead atoms. The number of Topliss-reactive ketones (excluding diaryl/α,β-unsaturated/α-hetero) is 1. The minimum Gasteiger partial charge on any atom is -0.395 e. The molecule has 0 aliphatic carbocycles. The van der Waals surface area contributed by atoms with Crippen LogP contribution in [0.2, 0.25) is 0 Å². The summed E-state index contributed by atoms with van der Waals surface area (Å²) >= 11 is 0. The summed E-state index contributed by atoms with van der Waals surface area (Å²) in [6.45, 7) is 7.09. The van der Waals surface area contributed by atoms with E-state index in [1.54, 1.807) is 0 Å². The van der Waals surface area contributed by atoms with E-state index in [-0.39, 0.29) is 12.4 Å². The van der Waals surface area contributed by atoms with Gasteiger partial charge in [0.25, 0.3) is 0 Å². The Balaban J connectivity index is 1.86. The van der Waals surface area contributed by atoms with E-state index in [0.717, 1.165) is 43.9 Å². The highest BCUT2D eigenvalue weighted by Gasteiger charge is 2.19. The van der Waals surface area contributed by atoms with E-state index in [2.05, 4.69) is 9.80 Å². The van der Waals surface area contributed by atoms with Gasteiger partial charge in [-0.05, 0) is 12.5 Å². The molecule has 1 aliphatic heterocycles. The third kappa shape index (κ3) is 3.86. The van der Waals surface area contributed by atoms with Gasteiger partial charge in [0.15, 0.2) is 5.78 Å². The second-order valence-corrected chi connectivity index (χ2v) is 5.08. The summed E-state index contributed by atoms with van der Waals surface area (Å²) in [4.78, 5) is 16.7. The lowest BCUT2D eigenvalue weighted by molar-refractivity contribution is 0.0822. The zero-order chi connectivity index (χ0) is 13.7. The molecule has 1 saturated heterocycles. The molecule has 0 radical (unpaired) electrons. The Labute approximate surface area is 114 Å². The van der Waals surface area contributed by atoms with Crippen molar-refractivity contribution in [3.63, 3.8) is 0 Å². The van der Waals surface area contributed by atoms with Crippen LogP contribution in [-0.4, -0.2) is 66.6 Å². The predicted molar refractivity (Wildman–Crippen MR) is 75.5 cm³/mol. The van der Waals surface area contributed by atoms with Gasteiger partial charge in [0, 0.05) is 38.3 Å². The van der Waals surface area contributed by atoms with Crippen molar-refractivity contribution in [3.05, 3.63) is 35.4 Å². The summed E-state index contributed by atoms with van der Waals surface area (Å²) < 4.78 is 0. The van der Waals surface area contributed by atoms with Crippen LogP contribution in [0.3, 0.4) is 0 Å². The summed E-state index contributed by atoms with van der Waals surface area (Å²) in [5.41, 5.74) is 1.88.